The monoisotopic (exact) mass is 446 g/mol. The first kappa shape index (κ1) is 22.6. The zero-order chi connectivity index (χ0) is 22.9. The van der Waals surface area contributed by atoms with Crippen LogP contribution in [-0.4, -0.2) is 42.4 Å². The fraction of sp³-hybridized carbons (Fsp3) is 0.346. The molecule has 33 heavy (non-hydrogen) atoms. The molecule has 1 amide bonds. The van der Waals surface area contributed by atoms with Crippen LogP contribution in [0.1, 0.15) is 32.6 Å². The second kappa shape index (κ2) is 11.3. The number of nitrogens with one attached hydrogen (secondary N) is 1. The molecule has 0 radical (unpaired) electrons. The van der Waals surface area contributed by atoms with Gasteiger partial charge in [-0.3, -0.25) is 4.79 Å². The number of carbonyl (C=O) groups excluding carboxylic acids is 1. The van der Waals surface area contributed by atoms with Gasteiger partial charge in [0.1, 0.15) is 11.5 Å². The summed E-state index contributed by atoms with van der Waals surface area (Å²) in [5.74, 6) is 2.11. The molecule has 2 heterocycles. The lowest BCUT2D eigenvalue weighted by atomic mass is 10.1. The fourth-order valence-corrected chi connectivity index (χ4v) is 3.82. The molecule has 2 aromatic carbocycles. The lowest BCUT2D eigenvalue weighted by molar-refractivity contribution is -0.118. The maximum atomic E-state index is 12.2. The molecule has 0 spiro atoms. The fourth-order valence-electron chi connectivity index (χ4n) is 3.82. The van der Waals surface area contributed by atoms with Crippen LogP contribution in [0.25, 0.3) is 11.3 Å². The summed E-state index contributed by atoms with van der Waals surface area (Å²) < 4.78 is 10.9. The highest BCUT2D eigenvalue weighted by Crippen LogP contribution is 2.22. The van der Waals surface area contributed by atoms with Gasteiger partial charge in [-0.05, 0) is 68.3 Å². The maximum absolute atomic E-state index is 12.2. The topological polar surface area (TPSA) is 76.6 Å². The zero-order valence-corrected chi connectivity index (χ0v) is 19.0. The Morgan fingerprint density at radius 2 is 1.52 bits per heavy atom. The normalized spacial score (nSPS) is 13.8. The molecule has 1 aliphatic rings. The Labute approximate surface area is 194 Å². The summed E-state index contributed by atoms with van der Waals surface area (Å²) in [5, 5.41) is 11.7. The van der Waals surface area contributed by atoms with Crippen LogP contribution in [0, 0.1) is 0 Å². The van der Waals surface area contributed by atoms with Crippen LogP contribution in [0.2, 0.25) is 0 Å². The number of carbonyl (C=O) groups is 1. The molecule has 3 aromatic rings. The Balaban J connectivity index is 1.29. The van der Waals surface area contributed by atoms with Crippen molar-refractivity contribution in [3.05, 3.63) is 60.7 Å². The molecule has 4 rings (SSSR count). The van der Waals surface area contributed by atoms with E-state index in [0.29, 0.717) is 18.0 Å². The van der Waals surface area contributed by atoms with Gasteiger partial charge in [0.15, 0.2) is 12.4 Å². The smallest absolute Gasteiger partial charge is 0.262 e. The van der Waals surface area contributed by atoms with Crippen molar-refractivity contribution in [1.29, 1.82) is 0 Å². The van der Waals surface area contributed by atoms with Gasteiger partial charge >= 0.3 is 0 Å². The Bertz CT molecular complexity index is 1010. The van der Waals surface area contributed by atoms with Crippen LogP contribution in [0.15, 0.2) is 60.7 Å². The van der Waals surface area contributed by atoms with E-state index < -0.39 is 0 Å². The molecule has 1 saturated heterocycles. The quantitative estimate of drug-likeness (QED) is 0.528. The van der Waals surface area contributed by atoms with E-state index >= 15 is 0 Å². The van der Waals surface area contributed by atoms with Crippen LogP contribution in [0.4, 0.5) is 11.5 Å². The van der Waals surface area contributed by atoms with E-state index in [4.69, 9.17) is 9.47 Å². The number of hydrogen-bond donors (Lipinski definition) is 1. The van der Waals surface area contributed by atoms with E-state index in [-0.39, 0.29) is 12.5 Å². The third-order valence-corrected chi connectivity index (χ3v) is 5.55. The molecule has 0 unspecified atom stereocenters. The summed E-state index contributed by atoms with van der Waals surface area (Å²) in [6.07, 6.45) is 5.00. The Morgan fingerprint density at radius 1 is 0.848 bits per heavy atom. The molecule has 1 aliphatic heterocycles. The predicted octanol–water partition coefficient (Wildman–Crippen LogP) is 4.94. The van der Waals surface area contributed by atoms with Crippen molar-refractivity contribution in [3.8, 4) is 22.8 Å². The molecule has 1 aromatic heterocycles. The Kier molecular flexibility index (Phi) is 7.74. The molecule has 0 bridgehead atoms. The van der Waals surface area contributed by atoms with Crippen molar-refractivity contribution in [3.63, 3.8) is 0 Å². The molecule has 0 aliphatic carbocycles. The number of nitrogens with zero attached hydrogens (tertiary/aromatic N) is 3. The van der Waals surface area contributed by atoms with Crippen molar-refractivity contribution >= 4 is 17.4 Å². The van der Waals surface area contributed by atoms with E-state index in [2.05, 4.69) is 20.4 Å². The van der Waals surface area contributed by atoms with Crippen molar-refractivity contribution < 1.29 is 14.3 Å². The molecule has 172 valence electrons. The Morgan fingerprint density at radius 3 is 2.12 bits per heavy atom. The first-order valence-corrected chi connectivity index (χ1v) is 11.6. The van der Waals surface area contributed by atoms with E-state index in [1.807, 2.05) is 55.5 Å². The van der Waals surface area contributed by atoms with E-state index in [9.17, 15) is 4.79 Å². The summed E-state index contributed by atoms with van der Waals surface area (Å²) in [7, 11) is 0. The third-order valence-electron chi connectivity index (χ3n) is 5.55. The molecule has 0 atom stereocenters. The SMILES string of the molecule is CCOc1ccc(OCC(=O)Nc2ccc(-c3ccc(N4CCCCCC4)nn3)cc2)cc1. The van der Waals surface area contributed by atoms with Gasteiger partial charge in [0.25, 0.3) is 5.91 Å². The van der Waals surface area contributed by atoms with Gasteiger partial charge < -0.3 is 19.7 Å². The van der Waals surface area contributed by atoms with Crippen LogP contribution in [0.5, 0.6) is 11.5 Å². The number of amides is 1. The van der Waals surface area contributed by atoms with Gasteiger partial charge in [-0.1, -0.05) is 25.0 Å². The summed E-state index contributed by atoms with van der Waals surface area (Å²) in [5.41, 5.74) is 2.46. The second-order valence-electron chi connectivity index (χ2n) is 8.00. The van der Waals surface area contributed by atoms with Gasteiger partial charge in [-0.15, -0.1) is 10.2 Å². The molecule has 7 nitrogen and oxygen atoms in total. The predicted molar refractivity (Wildman–Crippen MR) is 130 cm³/mol. The highest BCUT2D eigenvalue weighted by Gasteiger charge is 2.12. The number of hydrogen-bond acceptors (Lipinski definition) is 6. The number of rotatable bonds is 8. The van der Waals surface area contributed by atoms with Gasteiger partial charge in [0.2, 0.25) is 0 Å². The van der Waals surface area contributed by atoms with Crippen molar-refractivity contribution in [2.75, 3.05) is 36.5 Å². The van der Waals surface area contributed by atoms with Gasteiger partial charge in [-0.25, -0.2) is 0 Å². The van der Waals surface area contributed by atoms with E-state index in [1.165, 1.54) is 25.7 Å². The largest absolute Gasteiger partial charge is 0.494 e. The van der Waals surface area contributed by atoms with E-state index in [0.717, 1.165) is 35.9 Å². The van der Waals surface area contributed by atoms with E-state index in [1.54, 1.807) is 12.1 Å². The first-order chi connectivity index (χ1) is 16.2. The average molecular weight is 447 g/mol. The Hall–Kier alpha value is -3.61. The second-order valence-corrected chi connectivity index (χ2v) is 8.00. The molecule has 7 heteroatoms. The van der Waals surface area contributed by atoms with Crippen molar-refractivity contribution in [2.24, 2.45) is 0 Å². The summed E-state index contributed by atoms with van der Waals surface area (Å²) in [6, 6.07) is 18.8. The van der Waals surface area contributed by atoms with Crippen LogP contribution in [0.3, 0.4) is 0 Å². The highest BCUT2D eigenvalue weighted by atomic mass is 16.5. The number of aromatic nitrogens is 2. The van der Waals surface area contributed by atoms with Crippen LogP contribution < -0.4 is 19.7 Å². The molecular weight excluding hydrogens is 416 g/mol. The van der Waals surface area contributed by atoms with Crippen molar-refractivity contribution in [1.82, 2.24) is 10.2 Å². The molecule has 1 fully saturated rings. The van der Waals surface area contributed by atoms with Gasteiger partial charge in [0.05, 0.1) is 12.3 Å². The minimum absolute atomic E-state index is 0.0703. The molecule has 0 saturated carbocycles. The standard InChI is InChI=1S/C26H30N4O3/c1-2-32-22-11-13-23(14-12-22)33-19-26(31)27-21-9-7-20(8-10-21)24-15-16-25(29-28-24)30-17-5-3-4-6-18-30/h7-16H,2-6,17-19H2,1H3,(H,27,31). The zero-order valence-electron chi connectivity index (χ0n) is 19.0. The van der Waals surface area contributed by atoms with Gasteiger partial charge in [-0.2, -0.15) is 0 Å². The van der Waals surface area contributed by atoms with Gasteiger partial charge in [0, 0.05) is 24.3 Å². The summed E-state index contributed by atoms with van der Waals surface area (Å²) in [4.78, 5) is 14.6. The molecule has 1 N–H and O–H groups in total. The number of ether oxygens (including phenoxy) is 2. The molecular formula is C26H30N4O3. The summed E-state index contributed by atoms with van der Waals surface area (Å²) >= 11 is 0. The lowest BCUT2D eigenvalue weighted by Gasteiger charge is -2.20. The first-order valence-electron chi connectivity index (χ1n) is 11.6. The highest BCUT2D eigenvalue weighted by molar-refractivity contribution is 5.92. The lowest BCUT2D eigenvalue weighted by Crippen LogP contribution is -2.25. The number of benzene rings is 2. The van der Waals surface area contributed by atoms with Crippen LogP contribution >= 0.6 is 0 Å². The van der Waals surface area contributed by atoms with Crippen LogP contribution in [-0.2, 0) is 4.79 Å². The summed E-state index contributed by atoms with van der Waals surface area (Å²) in [6.45, 7) is 4.56. The maximum Gasteiger partial charge on any atom is 0.262 e. The average Bonchev–Trinajstić information content (AvgIpc) is 3.14. The third kappa shape index (κ3) is 6.44. The number of anilines is 2. The minimum Gasteiger partial charge on any atom is -0.494 e. The minimum atomic E-state index is -0.224. The van der Waals surface area contributed by atoms with Crippen molar-refractivity contribution in [2.45, 2.75) is 32.6 Å².